The second-order valence-electron chi connectivity index (χ2n) is 10.8. The Hall–Kier alpha value is -4.83. The van der Waals surface area contributed by atoms with Gasteiger partial charge in [-0.1, -0.05) is 36.4 Å². The van der Waals surface area contributed by atoms with Crippen LogP contribution in [0.4, 0.5) is 23.0 Å². The van der Waals surface area contributed by atoms with Crippen LogP contribution in [0.15, 0.2) is 77.9 Å². The molecule has 0 saturated carbocycles. The molecule has 0 aliphatic carbocycles. The predicted octanol–water partition coefficient (Wildman–Crippen LogP) is 5.72. The fraction of sp³-hybridized carbons (Fsp3) is 0.281. The van der Waals surface area contributed by atoms with Gasteiger partial charge < -0.3 is 20.9 Å². The lowest BCUT2D eigenvalue weighted by molar-refractivity contribution is -0.384. The molecule has 0 radical (unpaired) electrons. The molecule has 6 rings (SSSR count). The second kappa shape index (κ2) is 12.0. The number of hydrogen-bond donors (Lipinski definition) is 3. The number of carbonyl (C=O) groups excluding carboxylic acids is 1. The highest BCUT2D eigenvalue weighted by Crippen LogP contribution is 2.38. The van der Waals surface area contributed by atoms with Gasteiger partial charge in [0.1, 0.15) is 5.92 Å². The number of aryl methyl sites for hydroxylation is 1. The van der Waals surface area contributed by atoms with Gasteiger partial charge in [-0.05, 0) is 73.5 Å². The molecular formula is C32H33N7O3. The number of hydrogen-bond acceptors (Lipinski definition) is 7. The molecule has 1 saturated heterocycles. The number of nitrogens with zero attached hydrogens (tertiary/aromatic N) is 4. The maximum atomic E-state index is 13.3. The van der Waals surface area contributed by atoms with Crippen LogP contribution in [0.3, 0.4) is 0 Å². The maximum absolute atomic E-state index is 13.3. The number of non-ortho nitro benzene ring substituents is 1. The first-order chi connectivity index (χ1) is 20.5. The summed E-state index contributed by atoms with van der Waals surface area (Å²) in [5.41, 5.74) is 11.7. The molecule has 3 aromatic carbocycles. The van der Waals surface area contributed by atoms with Crippen LogP contribution in [0.25, 0.3) is 11.3 Å². The van der Waals surface area contributed by atoms with Gasteiger partial charge in [0.2, 0.25) is 11.9 Å². The van der Waals surface area contributed by atoms with Crippen LogP contribution in [0.2, 0.25) is 0 Å². The molecule has 0 bridgehead atoms. The highest BCUT2D eigenvalue weighted by molar-refractivity contribution is 6.24. The number of rotatable bonds is 9. The molecule has 2 aliphatic rings. The first-order valence-electron chi connectivity index (χ1n) is 14.4. The van der Waals surface area contributed by atoms with Gasteiger partial charge in [-0.3, -0.25) is 19.9 Å². The first-order valence-corrected chi connectivity index (χ1v) is 14.4. The largest absolute Gasteiger partial charge is 0.342 e. The van der Waals surface area contributed by atoms with Crippen LogP contribution in [0, 0.1) is 10.1 Å². The fourth-order valence-electron chi connectivity index (χ4n) is 5.66. The summed E-state index contributed by atoms with van der Waals surface area (Å²) in [5, 5.41) is 14.4. The average molecular weight is 564 g/mol. The molecule has 214 valence electrons. The zero-order valence-corrected chi connectivity index (χ0v) is 23.3. The first kappa shape index (κ1) is 27.3. The van der Waals surface area contributed by atoms with Crippen molar-refractivity contribution in [2.24, 2.45) is 10.7 Å². The van der Waals surface area contributed by atoms with Crippen molar-refractivity contribution < 1.29 is 9.72 Å². The van der Waals surface area contributed by atoms with Crippen LogP contribution in [-0.2, 0) is 11.2 Å². The monoisotopic (exact) mass is 563 g/mol. The minimum Gasteiger partial charge on any atom is -0.342 e. The Morgan fingerprint density at radius 3 is 2.52 bits per heavy atom. The van der Waals surface area contributed by atoms with Crippen molar-refractivity contribution in [2.75, 3.05) is 29.9 Å². The number of anilines is 2. The summed E-state index contributed by atoms with van der Waals surface area (Å²) >= 11 is 0. The SMILES string of the molecule is NCCCc1ccc(C(=Nc2ccc(-c3cnc(N4CCCCC4)[nH]3)cc2)C2C(=O)Nc3ccc([N+](=O)[O-])cc32)cc1. The van der Waals surface area contributed by atoms with Gasteiger partial charge in [0.25, 0.3) is 5.69 Å². The third kappa shape index (κ3) is 5.66. The Morgan fingerprint density at radius 1 is 1.05 bits per heavy atom. The topological polar surface area (TPSA) is 143 Å². The number of nitro benzene ring substituents is 1. The molecule has 2 aliphatic heterocycles. The quantitative estimate of drug-likeness (QED) is 0.135. The summed E-state index contributed by atoms with van der Waals surface area (Å²) in [6.07, 6.45) is 7.21. The van der Waals surface area contributed by atoms with Crippen molar-refractivity contribution in [3.8, 4) is 11.3 Å². The average Bonchev–Trinajstić information content (AvgIpc) is 3.64. The van der Waals surface area contributed by atoms with E-state index in [0.717, 1.165) is 54.3 Å². The van der Waals surface area contributed by atoms with Gasteiger partial charge >= 0.3 is 0 Å². The molecule has 10 heteroatoms. The van der Waals surface area contributed by atoms with Gasteiger partial charge in [0, 0.05) is 36.5 Å². The summed E-state index contributed by atoms with van der Waals surface area (Å²) in [6.45, 7) is 2.64. The molecule has 1 aromatic heterocycles. The molecule has 0 spiro atoms. The number of nitrogens with one attached hydrogen (secondary N) is 2. The Labute approximate surface area is 243 Å². The van der Waals surface area contributed by atoms with E-state index < -0.39 is 10.8 Å². The summed E-state index contributed by atoms with van der Waals surface area (Å²) < 4.78 is 0. The number of nitrogens with two attached hydrogens (primary N) is 1. The van der Waals surface area contributed by atoms with E-state index in [1.54, 1.807) is 6.07 Å². The number of nitro groups is 1. The van der Waals surface area contributed by atoms with E-state index in [4.69, 9.17) is 10.7 Å². The van der Waals surface area contributed by atoms with Gasteiger partial charge in [-0.2, -0.15) is 0 Å². The fourth-order valence-corrected chi connectivity index (χ4v) is 5.66. The van der Waals surface area contributed by atoms with Gasteiger partial charge in [-0.25, -0.2) is 4.98 Å². The van der Waals surface area contributed by atoms with Gasteiger partial charge in [-0.15, -0.1) is 0 Å². The van der Waals surface area contributed by atoms with Crippen molar-refractivity contribution in [2.45, 2.75) is 38.0 Å². The summed E-state index contributed by atoms with van der Waals surface area (Å²) in [7, 11) is 0. The minimum atomic E-state index is -0.797. The van der Waals surface area contributed by atoms with Crippen molar-refractivity contribution in [3.63, 3.8) is 0 Å². The van der Waals surface area contributed by atoms with Crippen molar-refractivity contribution in [3.05, 3.63) is 99.7 Å². The number of fused-ring (bicyclic) bond motifs is 1. The number of H-pyrrole nitrogens is 1. The van der Waals surface area contributed by atoms with E-state index in [0.29, 0.717) is 29.2 Å². The molecule has 1 fully saturated rings. The van der Waals surface area contributed by atoms with Crippen molar-refractivity contribution >= 4 is 34.6 Å². The van der Waals surface area contributed by atoms with Gasteiger partial charge in [0.05, 0.1) is 28.2 Å². The molecule has 1 atom stereocenters. The van der Waals surface area contributed by atoms with Crippen LogP contribution in [0.1, 0.15) is 48.3 Å². The lowest BCUT2D eigenvalue weighted by atomic mass is 9.89. The molecule has 1 amide bonds. The minimum absolute atomic E-state index is 0.0698. The second-order valence-corrected chi connectivity index (χ2v) is 10.8. The number of imidazole rings is 1. The highest BCUT2D eigenvalue weighted by atomic mass is 16.6. The van der Waals surface area contributed by atoms with E-state index >= 15 is 0 Å². The molecule has 4 aromatic rings. The van der Waals surface area contributed by atoms with Gasteiger partial charge in [0.15, 0.2) is 0 Å². The number of aromatic nitrogens is 2. The number of aliphatic imine (C=N–C) groups is 1. The number of carbonyl (C=O) groups is 1. The molecule has 42 heavy (non-hydrogen) atoms. The third-order valence-corrected chi connectivity index (χ3v) is 7.92. The van der Waals surface area contributed by atoms with E-state index in [-0.39, 0.29) is 11.6 Å². The number of aromatic amines is 1. The Kier molecular flexibility index (Phi) is 7.78. The number of piperidine rings is 1. The normalized spacial score (nSPS) is 16.8. The Balaban J connectivity index is 1.35. The van der Waals surface area contributed by atoms with Crippen LogP contribution < -0.4 is 16.0 Å². The molecule has 3 heterocycles. The summed E-state index contributed by atoms with van der Waals surface area (Å²) in [5.74, 6) is -0.172. The highest BCUT2D eigenvalue weighted by Gasteiger charge is 2.36. The molecule has 1 unspecified atom stereocenters. The maximum Gasteiger partial charge on any atom is 0.269 e. The molecular weight excluding hydrogens is 530 g/mol. The smallest absolute Gasteiger partial charge is 0.269 e. The number of amides is 1. The van der Waals surface area contributed by atoms with E-state index in [1.165, 1.54) is 31.4 Å². The Bertz CT molecular complexity index is 1620. The predicted molar refractivity (Wildman–Crippen MR) is 165 cm³/mol. The molecule has 4 N–H and O–H groups in total. The van der Waals surface area contributed by atoms with Crippen LogP contribution in [0.5, 0.6) is 0 Å². The van der Waals surface area contributed by atoms with E-state index in [2.05, 4.69) is 20.2 Å². The molecule has 10 nitrogen and oxygen atoms in total. The van der Waals surface area contributed by atoms with E-state index in [1.807, 2.05) is 54.7 Å². The zero-order chi connectivity index (χ0) is 29.1. The third-order valence-electron chi connectivity index (χ3n) is 7.92. The van der Waals surface area contributed by atoms with Crippen molar-refractivity contribution in [1.82, 2.24) is 9.97 Å². The standard InChI is InChI=1S/C32H33N7O3/c33-16-4-5-21-6-8-23(9-7-21)30(29-26-19-25(39(41)42)14-15-27(26)36-31(29)40)35-24-12-10-22(11-13-24)28-20-34-32(37-28)38-17-2-1-3-18-38/h6-15,19-20,29H,1-5,16-18,33H2,(H,34,37)(H,36,40). The lowest BCUT2D eigenvalue weighted by Gasteiger charge is -2.25. The Morgan fingerprint density at radius 2 is 1.81 bits per heavy atom. The van der Waals surface area contributed by atoms with E-state index in [9.17, 15) is 14.9 Å². The summed E-state index contributed by atoms with van der Waals surface area (Å²) in [4.78, 5) is 39.7. The van der Waals surface area contributed by atoms with Crippen LogP contribution >= 0.6 is 0 Å². The van der Waals surface area contributed by atoms with Crippen molar-refractivity contribution in [1.29, 1.82) is 0 Å². The lowest BCUT2D eigenvalue weighted by Crippen LogP contribution is -2.30. The zero-order valence-electron chi connectivity index (χ0n) is 23.3. The summed E-state index contributed by atoms with van der Waals surface area (Å²) in [6, 6.07) is 20.2. The number of benzene rings is 3. The van der Waals surface area contributed by atoms with Crippen LogP contribution in [-0.4, -0.2) is 46.1 Å².